The number of ether oxygens (including phenoxy) is 1. The van der Waals surface area contributed by atoms with Gasteiger partial charge in [-0.05, 0) is 19.4 Å². The number of phenolic OH excluding ortho intramolecular Hbond substituents is 1. The highest BCUT2D eigenvalue weighted by Crippen LogP contribution is 2.50. The molecule has 3 rings (SSSR count). The standard InChI is InChI=1S/C19H24N2O6/c1-4-5-8-21-16(23)13-14(17(21)24)19(2,18(25)26)20-15(13)11-7-6-10(27-3)9-12(11)22/h6-7,9,13-15,20,22H,4-5,8H2,1-3H3,(H,25,26)/t13-,14-,15-,19-/m0/s1. The van der Waals surface area contributed by atoms with Gasteiger partial charge in [0.2, 0.25) is 11.8 Å². The number of amides is 2. The van der Waals surface area contributed by atoms with Crippen molar-refractivity contribution in [2.75, 3.05) is 13.7 Å². The first-order valence-corrected chi connectivity index (χ1v) is 8.99. The molecule has 0 aromatic heterocycles. The van der Waals surface area contributed by atoms with Crippen LogP contribution in [0.3, 0.4) is 0 Å². The second-order valence-corrected chi connectivity index (χ2v) is 7.24. The summed E-state index contributed by atoms with van der Waals surface area (Å²) in [5.74, 6) is -3.65. The van der Waals surface area contributed by atoms with Crippen molar-refractivity contribution >= 4 is 17.8 Å². The molecule has 146 valence electrons. The Morgan fingerprint density at radius 1 is 1.33 bits per heavy atom. The SMILES string of the molecule is CCCCN1C(=O)[C@H]2[C@@H](C1=O)[C@@](C)(C(=O)O)N[C@H]2c1ccc(OC)cc1O. The van der Waals surface area contributed by atoms with Crippen LogP contribution in [-0.4, -0.2) is 52.1 Å². The number of phenols is 1. The lowest BCUT2D eigenvalue weighted by Crippen LogP contribution is -2.53. The zero-order chi connectivity index (χ0) is 19.9. The number of carbonyl (C=O) groups excluding carboxylic acids is 2. The smallest absolute Gasteiger partial charge is 0.324 e. The molecule has 27 heavy (non-hydrogen) atoms. The van der Waals surface area contributed by atoms with Crippen molar-refractivity contribution in [1.82, 2.24) is 10.2 Å². The Balaban J connectivity index is 2.05. The summed E-state index contributed by atoms with van der Waals surface area (Å²) < 4.78 is 5.07. The van der Waals surface area contributed by atoms with Gasteiger partial charge in [0.1, 0.15) is 17.0 Å². The molecule has 1 aromatic rings. The summed E-state index contributed by atoms with van der Waals surface area (Å²) in [4.78, 5) is 39.1. The number of aromatic hydroxyl groups is 1. The number of carbonyl (C=O) groups is 3. The first kappa shape index (κ1) is 19.2. The van der Waals surface area contributed by atoms with Crippen LogP contribution in [0.4, 0.5) is 0 Å². The molecule has 2 amide bonds. The van der Waals surface area contributed by atoms with Gasteiger partial charge in [0.25, 0.3) is 0 Å². The van der Waals surface area contributed by atoms with Gasteiger partial charge in [-0.25, -0.2) is 0 Å². The Labute approximate surface area is 157 Å². The minimum absolute atomic E-state index is 0.118. The Kier molecular flexibility index (Phi) is 4.86. The van der Waals surface area contributed by atoms with Gasteiger partial charge in [0.15, 0.2) is 0 Å². The number of methoxy groups -OCH3 is 1. The Hall–Kier alpha value is -2.61. The summed E-state index contributed by atoms with van der Waals surface area (Å²) in [6.07, 6.45) is 1.47. The van der Waals surface area contributed by atoms with Gasteiger partial charge in [-0.15, -0.1) is 0 Å². The molecule has 3 N–H and O–H groups in total. The first-order chi connectivity index (χ1) is 12.8. The maximum absolute atomic E-state index is 13.0. The van der Waals surface area contributed by atoms with Gasteiger partial charge in [-0.3, -0.25) is 24.6 Å². The number of likely N-dealkylation sites (tertiary alicyclic amines) is 1. The van der Waals surface area contributed by atoms with Crippen LogP contribution in [0.5, 0.6) is 11.5 Å². The van der Waals surface area contributed by atoms with E-state index in [1.165, 1.54) is 25.0 Å². The molecule has 0 radical (unpaired) electrons. The zero-order valence-electron chi connectivity index (χ0n) is 15.6. The number of nitrogens with zero attached hydrogens (tertiary/aromatic N) is 1. The number of fused-ring (bicyclic) bond motifs is 1. The number of hydrogen-bond acceptors (Lipinski definition) is 6. The molecule has 2 heterocycles. The largest absolute Gasteiger partial charge is 0.507 e. The van der Waals surface area contributed by atoms with Gasteiger partial charge in [0.05, 0.1) is 18.9 Å². The van der Waals surface area contributed by atoms with Gasteiger partial charge >= 0.3 is 5.97 Å². The van der Waals surface area contributed by atoms with Crippen LogP contribution < -0.4 is 10.1 Å². The molecular weight excluding hydrogens is 352 g/mol. The molecule has 8 nitrogen and oxygen atoms in total. The van der Waals surface area contributed by atoms with Crippen molar-refractivity contribution in [3.05, 3.63) is 23.8 Å². The number of hydrogen-bond donors (Lipinski definition) is 3. The fourth-order valence-corrected chi connectivity index (χ4v) is 4.11. The van der Waals surface area contributed by atoms with Crippen LogP contribution in [0, 0.1) is 11.8 Å². The van der Waals surface area contributed by atoms with Crippen LogP contribution in [0.15, 0.2) is 18.2 Å². The third-order valence-electron chi connectivity index (χ3n) is 5.63. The molecule has 0 saturated carbocycles. The van der Waals surface area contributed by atoms with E-state index in [1.807, 2.05) is 6.92 Å². The summed E-state index contributed by atoms with van der Waals surface area (Å²) in [6.45, 7) is 3.65. The molecule has 4 atom stereocenters. The molecule has 1 aromatic carbocycles. The van der Waals surface area contributed by atoms with Crippen molar-refractivity contribution in [2.45, 2.75) is 38.3 Å². The zero-order valence-corrected chi connectivity index (χ0v) is 15.6. The lowest BCUT2D eigenvalue weighted by Gasteiger charge is -2.27. The van der Waals surface area contributed by atoms with Crippen LogP contribution >= 0.6 is 0 Å². The second-order valence-electron chi connectivity index (χ2n) is 7.24. The van der Waals surface area contributed by atoms with Crippen molar-refractivity contribution in [2.24, 2.45) is 11.8 Å². The number of rotatable bonds is 6. The molecule has 0 spiro atoms. The monoisotopic (exact) mass is 376 g/mol. The van der Waals surface area contributed by atoms with E-state index in [9.17, 15) is 24.6 Å². The minimum atomic E-state index is -1.60. The van der Waals surface area contributed by atoms with E-state index in [2.05, 4.69) is 5.32 Å². The third kappa shape index (κ3) is 2.84. The van der Waals surface area contributed by atoms with E-state index in [4.69, 9.17) is 4.74 Å². The molecule has 0 aliphatic carbocycles. The molecule has 8 heteroatoms. The van der Waals surface area contributed by atoms with E-state index in [0.717, 1.165) is 6.42 Å². The number of nitrogens with one attached hydrogen (secondary N) is 1. The quantitative estimate of drug-likeness (QED) is 0.641. The molecule has 2 aliphatic rings. The molecular formula is C19H24N2O6. The summed E-state index contributed by atoms with van der Waals surface area (Å²) in [6, 6.07) is 3.82. The summed E-state index contributed by atoms with van der Waals surface area (Å²) in [5, 5.41) is 23.1. The lowest BCUT2D eigenvalue weighted by atomic mass is 9.80. The van der Waals surface area contributed by atoms with E-state index in [-0.39, 0.29) is 12.3 Å². The Morgan fingerprint density at radius 2 is 2.04 bits per heavy atom. The van der Waals surface area contributed by atoms with Crippen molar-refractivity contribution < 1.29 is 29.3 Å². The van der Waals surface area contributed by atoms with Gasteiger partial charge in [-0.1, -0.05) is 19.4 Å². The fourth-order valence-electron chi connectivity index (χ4n) is 4.11. The number of aliphatic carboxylic acids is 1. The van der Waals surface area contributed by atoms with Crippen molar-refractivity contribution in [3.8, 4) is 11.5 Å². The summed E-state index contributed by atoms with van der Waals surface area (Å²) in [5.41, 5.74) is -1.23. The Bertz CT molecular complexity index is 794. The van der Waals surface area contributed by atoms with E-state index in [0.29, 0.717) is 17.7 Å². The number of unbranched alkanes of at least 4 members (excludes halogenated alkanes) is 1. The first-order valence-electron chi connectivity index (χ1n) is 8.99. The Morgan fingerprint density at radius 3 is 2.59 bits per heavy atom. The predicted molar refractivity (Wildman–Crippen MR) is 95.2 cm³/mol. The van der Waals surface area contributed by atoms with Crippen molar-refractivity contribution in [3.63, 3.8) is 0 Å². The molecule has 2 fully saturated rings. The fraction of sp³-hybridized carbons (Fsp3) is 0.526. The molecule has 2 aliphatic heterocycles. The van der Waals surface area contributed by atoms with Gasteiger partial charge in [-0.2, -0.15) is 0 Å². The van der Waals surface area contributed by atoms with Gasteiger partial charge in [0, 0.05) is 24.2 Å². The highest BCUT2D eigenvalue weighted by atomic mass is 16.5. The highest BCUT2D eigenvalue weighted by molar-refractivity contribution is 6.09. The average Bonchev–Trinajstić information content (AvgIpc) is 3.08. The van der Waals surface area contributed by atoms with E-state index < -0.39 is 41.2 Å². The second kappa shape index (κ2) is 6.84. The number of carboxylic acid groups (broad SMARTS) is 1. The third-order valence-corrected chi connectivity index (χ3v) is 5.63. The molecule has 2 saturated heterocycles. The highest BCUT2D eigenvalue weighted by Gasteiger charge is 2.66. The maximum Gasteiger partial charge on any atom is 0.324 e. The van der Waals surface area contributed by atoms with Crippen molar-refractivity contribution in [1.29, 1.82) is 0 Å². The van der Waals surface area contributed by atoms with E-state index in [1.54, 1.807) is 12.1 Å². The summed E-state index contributed by atoms with van der Waals surface area (Å²) in [7, 11) is 1.46. The predicted octanol–water partition coefficient (Wildman–Crippen LogP) is 1.29. The number of benzene rings is 1. The lowest BCUT2D eigenvalue weighted by molar-refractivity contribution is -0.150. The molecule has 0 bridgehead atoms. The summed E-state index contributed by atoms with van der Waals surface area (Å²) >= 11 is 0. The number of imide groups is 1. The maximum atomic E-state index is 13.0. The molecule has 0 unspecified atom stereocenters. The van der Waals surface area contributed by atoms with Crippen LogP contribution in [0.1, 0.15) is 38.3 Å². The minimum Gasteiger partial charge on any atom is -0.507 e. The van der Waals surface area contributed by atoms with E-state index >= 15 is 0 Å². The van der Waals surface area contributed by atoms with Crippen LogP contribution in [0.25, 0.3) is 0 Å². The van der Waals surface area contributed by atoms with Crippen LogP contribution in [0.2, 0.25) is 0 Å². The van der Waals surface area contributed by atoms with Gasteiger partial charge < -0.3 is 14.9 Å². The average molecular weight is 376 g/mol. The topological polar surface area (TPSA) is 116 Å². The van der Waals surface area contributed by atoms with Crippen LogP contribution in [-0.2, 0) is 14.4 Å². The normalized spacial score (nSPS) is 29.9. The number of carboxylic acids is 1.